The van der Waals surface area contributed by atoms with Crippen molar-refractivity contribution in [1.29, 1.82) is 0 Å². The predicted molar refractivity (Wildman–Crippen MR) is 120 cm³/mol. The van der Waals surface area contributed by atoms with Crippen LogP contribution in [0.1, 0.15) is 15.9 Å². The largest absolute Gasteiger partial charge is 0.507 e. The number of hydrogen-bond donors (Lipinski definition) is 2. The number of aryl methyl sites for hydroxylation is 1. The third kappa shape index (κ3) is 3.88. The average molecular weight is 414 g/mol. The van der Waals surface area contributed by atoms with E-state index in [0.29, 0.717) is 23.2 Å². The molecule has 3 aromatic carbocycles. The molecule has 0 atom stereocenters. The van der Waals surface area contributed by atoms with Crippen LogP contribution in [-0.2, 0) is 0 Å². The molecule has 0 radical (unpaired) electrons. The number of aldehydes is 1. The molecular formula is C25H22N2O4. The lowest BCUT2D eigenvalue weighted by molar-refractivity contribution is 0.112. The maximum atomic E-state index is 11.4. The first-order chi connectivity index (χ1) is 15.0. The van der Waals surface area contributed by atoms with Crippen molar-refractivity contribution in [3.8, 4) is 51.2 Å². The first kappa shape index (κ1) is 20.2. The number of phenols is 1. The Hall–Kier alpha value is -4.06. The van der Waals surface area contributed by atoms with Crippen LogP contribution < -0.4 is 9.47 Å². The second kappa shape index (κ2) is 8.36. The van der Waals surface area contributed by atoms with E-state index in [2.05, 4.69) is 4.98 Å². The first-order valence-corrected chi connectivity index (χ1v) is 9.72. The molecule has 2 N–H and O–H groups in total. The van der Waals surface area contributed by atoms with Gasteiger partial charge in [0, 0.05) is 16.7 Å². The van der Waals surface area contributed by atoms with E-state index in [0.717, 1.165) is 34.0 Å². The van der Waals surface area contributed by atoms with Gasteiger partial charge in [0.2, 0.25) is 0 Å². The summed E-state index contributed by atoms with van der Waals surface area (Å²) >= 11 is 0. The fourth-order valence-corrected chi connectivity index (χ4v) is 3.47. The quantitative estimate of drug-likeness (QED) is 0.421. The van der Waals surface area contributed by atoms with Gasteiger partial charge in [-0.25, -0.2) is 4.98 Å². The van der Waals surface area contributed by atoms with Crippen molar-refractivity contribution in [3.63, 3.8) is 0 Å². The molecule has 1 aromatic heterocycles. The van der Waals surface area contributed by atoms with Gasteiger partial charge in [0.05, 0.1) is 31.2 Å². The average Bonchev–Trinajstić information content (AvgIpc) is 3.26. The topological polar surface area (TPSA) is 84.4 Å². The van der Waals surface area contributed by atoms with Gasteiger partial charge in [-0.05, 0) is 73.2 Å². The Kier molecular flexibility index (Phi) is 5.45. The van der Waals surface area contributed by atoms with Crippen molar-refractivity contribution in [2.75, 3.05) is 14.2 Å². The van der Waals surface area contributed by atoms with Crippen LogP contribution in [0.15, 0.2) is 60.7 Å². The number of H-pyrrole nitrogens is 1. The van der Waals surface area contributed by atoms with Gasteiger partial charge < -0.3 is 19.6 Å². The van der Waals surface area contributed by atoms with Crippen molar-refractivity contribution in [2.24, 2.45) is 0 Å². The van der Waals surface area contributed by atoms with Gasteiger partial charge in [0.15, 0.2) is 6.29 Å². The van der Waals surface area contributed by atoms with Crippen molar-refractivity contribution < 1.29 is 19.4 Å². The Morgan fingerprint density at radius 3 is 2.00 bits per heavy atom. The highest BCUT2D eigenvalue weighted by Crippen LogP contribution is 2.36. The number of aromatic hydroxyl groups is 1. The van der Waals surface area contributed by atoms with Crippen LogP contribution in [0.4, 0.5) is 0 Å². The van der Waals surface area contributed by atoms with E-state index in [9.17, 15) is 9.90 Å². The fraction of sp³-hybridized carbons (Fsp3) is 0.120. The van der Waals surface area contributed by atoms with Gasteiger partial charge in [0.25, 0.3) is 0 Å². The van der Waals surface area contributed by atoms with Crippen molar-refractivity contribution in [1.82, 2.24) is 9.97 Å². The van der Waals surface area contributed by atoms with Gasteiger partial charge >= 0.3 is 0 Å². The molecule has 0 saturated carbocycles. The lowest BCUT2D eigenvalue weighted by Gasteiger charge is -2.06. The Labute approximate surface area is 180 Å². The summed E-state index contributed by atoms with van der Waals surface area (Å²) < 4.78 is 10.5. The molecule has 0 spiro atoms. The minimum absolute atomic E-state index is 0.0175. The number of hydrogen-bond acceptors (Lipinski definition) is 5. The summed E-state index contributed by atoms with van der Waals surface area (Å²) in [5.74, 6) is 2.11. The molecule has 6 nitrogen and oxygen atoms in total. The van der Waals surface area contributed by atoms with E-state index < -0.39 is 0 Å². The van der Waals surface area contributed by atoms with Gasteiger partial charge in [-0.15, -0.1) is 0 Å². The number of nitrogens with one attached hydrogen (secondary N) is 1. The molecule has 0 aliphatic carbocycles. The molecule has 0 aliphatic heterocycles. The standard InChI is InChI=1S/C25H22N2O4/c1-15-12-18(13-19(14-28)24(15)29)25-26-22(16-4-8-20(30-2)9-5-16)23(27-25)17-6-10-21(31-3)11-7-17/h4-14,29H,1-3H3,(H,26,27). The summed E-state index contributed by atoms with van der Waals surface area (Å²) in [4.78, 5) is 19.6. The lowest BCUT2D eigenvalue weighted by Crippen LogP contribution is -1.89. The van der Waals surface area contributed by atoms with Crippen LogP contribution >= 0.6 is 0 Å². The third-order valence-corrected chi connectivity index (χ3v) is 5.18. The molecule has 0 bridgehead atoms. The number of aromatic amines is 1. The molecular weight excluding hydrogens is 392 g/mol. The maximum absolute atomic E-state index is 11.4. The number of ether oxygens (including phenoxy) is 2. The van der Waals surface area contributed by atoms with Crippen molar-refractivity contribution in [2.45, 2.75) is 6.92 Å². The Morgan fingerprint density at radius 2 is 1.45 bits per heavy atom. The van der Waals surface area contributed by atoms with E-state index in [1.165, 1.54) is 0 Å². The molecule has 0 amide bonds. The number of nitrogens with zero attached hydrogens (tertiary/aromatic N) is 1. The molecule has 1 heterocycles. The summed E-state index contributed by atoms with van der Waals surface area (Å²) in [6, 6.07) is 18.8. The molecule has 4 aromatic rings. The number of rotatable bonds is 6. The number of benzene rings is 3. The highest BCUT2D eigenvalue weighted by Gasteiger charge is 2.17. The molecule has 0 aliphatic rings. The van der Waals surface area contributed by atoms with Gasteiger partial charge in [-0.1, -0.05) is 0 Å². The number of phenolic OH excluding ortho intramolecular Hbond substituents is 1. The number of carbonyl (C=O) groups excluding carboxylic acids is 1. The highest BCUT2D eigenvalue weighted by molar-refractivity contribution is 5.85. The molecule has 156 valence electrons. The number of imidazole rings is 1. The summed E-state index contributed by atoms with van der Waals surface area (Å²) in [6.07, 6.45) is 0.642. The minimum atomic E-state index is -0.0175. The van der Waals surface area contributed by atoms with Crippen LogP contribution in [0, 0.1) is 6.92 Å². The zero-order valence-electron chi connectivity index (χ0n) is 17.5. The monoisotopic (exact) mass is 414 g/mol. The zero-order chi connectivity index (χ0) is 22.0. The van der Waals surface area contributed by atoms with E-state index in [1.807, 2.05) is 48.5 Å². The van der Waals surface area contributed by atoms with Gasteiger partial charge in [-0.3, -0.25) is 4.79 Å². The SMILES string of the molecule is COc1ccc(-c2nc(-c3cc(C)c(O)c(C=O)c3)[nH]c2-c2ccc(OC)cc2)cc1. The Morgan fingerprint density at radius 1 is 0.871 bits per heavy atom. The van der Waals surface area contributed by atoms with Crippen LogP contribution in [0.25, 0.3) is 33.9 Å². The molecule has 0 unspecified atom stereocenters. The van der Waals surface area contributed by atoms with Crippen LogP contribution in [-0.4, -0.2) is 35.6 Å². The first-order valence-electron chi connectivity index (χ1n) is 9.72. The van der Waals surface area contributed by atoms with Crippen molar-refractivity contribution >= 4 is 6.29 Å². The van der Waals surface area contributed by atoms with E-state index in [1.54, 1.807) is 33.3 Å². The molecule has 6 heteroatoms. The molecule has 0 fully saturated rings. The molecule has 0 saturated heterocycles. The highest BCUT2D eigenvalue weighted by atomic mass is 16.5. The summed E-state index contributed by atoms with van der Waals surface area (Å²) in [5, 5.41) is 10.1. The second-order valence-corrected chi connectivity index (χ2v) is 7.11. The number of aromatic nitrogens is 2. The summed E-state index contributed by atoms with van der Waals surface area (Å²) in [6.45, 7) is 1.75. The van der Waals surface area contributed by atoms with Crippen LogP contribution in [0.2, 0.25) is 0 Å². The van der Waals surface area contributed by atoms with Crippen LogP contribution in [0.5, 0.6) is 17.2 Å². The smallest absolute Gasteiger partial charge is 0.153 e. The number of carbonyl (C=O) groups is 1. The Bertz CT molecular complexity index is 1160. The second-order valence-electron chi connectivity index (χ2n) is 7.11. The number of methoxy groups -OCH3 is 2. The molecule has 4 rings (SSSR count). The fourth-order valence-electron chi connectivity index (χ4n) is 3.47. The lowest BCUT2D eigenvalue weighted by atomic mass is 10.0. The third-order valence-electron chi connectivity index (χ3n) is 5.18. The van der Waals surface area contributed by atoms with Gasteiger partial charge in [-0.2, -0.15) is 0 Å². The van der Waals surface area contributed by atoms with Crippen molar-refractivity contribution in [3.05, 3.63) is 71.8 Å². The Balaban J connectivity index is 1.89. The maximum Gasteiger partial charge on any atom is 0.153 e. The zero-order valence-corrected chi connectivity index (χ0v) is 17.5. The summed E-state index contributed by atoms with van der Waals surface area (Å²) in [7, 11) is 3.26. The minimum Gasteiger partial charge on any atom is -0.507 e. The summed E-state index contributed by atoms with van der Waals surface area (Å²) in [5.41, 5.74) is 5.00. The van der Waals surface area contributed by atoms with E-state index in [4.69, 9.17) is 14.5 Å². The molecule has 31 heavy (non-hydrogen) atoms. The van der Waals surface area contributed by atoms with Crippen LogP contribution in [0.3, 0.4) is 0 Å². The van der Waals surface area contributed by atoms with E-state index >= 15 is 0 Å². The normalized spacial score (nSPS) is 10.7. The van der Waals surface area contributed by atoms with E-state index in [-0.39, 0.29) is 11.3 Å². The predicted octanol–water partition coefficient (Wildman–Crippen LogP) is 5.25. The van der Waals surface area contributed by atoms with Gasteiger partial charge in [0.1, 0.15) is 23.1 Å².